The molecule has 76 valence electrons. The van der Waals surface area contributed by atoms with Crippen LogP contribution >= 0.6 is 15.9 Å². The number of benzene rings is 1. The maximum Gasteiger partial charge on any atom is 0.0186 e. The lowest BCUT2D eigenvalue weighted by atomic mass is 9.90. The zero-order chi connectivity index (χ0) is 10.6. The van der Waals surface area contributed by atoms with Gasteiger partial charge in [0.05, 0.1) is 0 Å². The molecule has 0 saturated heterocycles. The van der Waals surface area contributed by atoms with Crippen molar-refractivity contribution < 1.29 is 0 Å². The molecule has 0 aliphatic rings. The first-order chi connectivity index (χ1) is 6.70. The predicted octanol–water partition coefficient (Wildman–Crippen LogP) is 4.61. The van der Waals surface area contributed by atoms with Crippen LogP contribution in [0.2, 0.25) is 0 Å². The molecule has 0 aliphatic heterocycles. The molecule has 0 aliphatic carbocycles. The van der Waals surface area contributed by atoms with Gasteiger partial charge in [-0.2, -0.15) is 0 Å². The Morgan fingerprint density at radius 1 is 1.43 bits per heavy atom. The molecule has 0 saturated carbocycles. The van der Waals surface area contributed by atoms with E-state index < -0.39 is 0 Å². The van der Waals surface area contributed by atoms with Crippen molar-refractivity contribution in [2.24, 2.45) is 0 Å². The zero-order valence-corrected chi connectivity index (χ0v) is 10.4. The van der Waals surface area contributed by atoms with E-state index in [9.17, 15) is 0 Å². The van der Waals surface area contributed by atoms with Crippen LogP contribution in [0.5, 0.6) is 0 Å². The molecule has 0 bridgehead atoms. The Morgan fingerprint density at radius 3 is 2.57 bits per heavy atom. The highest BCUT2D eigenvalue weighted by molar-refractivity contribution is 9.09. The lowest BCUT2D eigenvalue weighted by molar-refractivity contribution is 0.662. The summed E-state index contributed by atoms with van der Waals surface area (Å²) in [4.78, 5) is 0.508. The number of halogens is 1. The van der Waals surface area contributed by atoms with Crippen molar-refractivity contribution in [3.05, 3.63) is 42.0 Å². The molecule has 2 unspecified atom stereocenters. The van der Waals surface area contributed by atoms with E-state index in [1.165, 1.54) is 11.1 Å². The summed E-state index contributed by atoms with van der Waals surface area (Å²) in [6.45, 7) is 8.28. The number of rotatable bonds is 4. The summed E-state index contributed by atoms with van der Waals surface area (Å²) in [6.07, 6.45) is 3.09. The van der Waals surface area contributed by atoms with Gasteiger partial charge in [-0.1, -0.05) is 66.7 Å². The number of alkyl halides is 1. The van der Waals surface area contributed by atoms with E-state index in [1.807, 2.05) is 6.08 Å². The smallest absolute Gasteiger partial charge is 0.0186 e. The minimum Gasteiger partial charge on any atom is -0.0985 e. The van der Waals surface area contributed by atoms with Crippen molar-refractivity contribution in [2.75, 3.05) is 0 Å². The molecule has 1 rings (SSSR count). The zero-order valence-electron chi connectivity index (χ0n) is 8.83. The first-order valence-electron chi connectivity index (χ1n) is 5.06. The first kappa shape index (κ1) is 11.5. The molecule has 14 heavy (non-hydrogen) atoms. The Morgan fingerprint density at radius 2 is 2.07 bits per heavy atom. The van der Waals surface area contributed by atoms with E-state index in [0.29, 0.717) is 10.7 Å². The molecule has 1 aromatic rings. The van der Waals surface area contributed by atoms with Crippen LogP contribution in [0.15, 0.2) is 30.8 Å². The van der Waals surface area contributed by atoms with E-state index in [2.05, 4.69) is 60.6 Å². The van der Waals surface area contributed by atoms with Gasteiger partial charge in [0.1, 0.15) is 0 Å². The Kier molecular flexibility index (Phi) is 4.40. The topological polar surface area (TPSA) is 0 Å². The predicted molar refractivity (Wildman–Crippen MR) is 68.0 cm³/mol. The molecule has 0 radical (unpaired) electrons. The highest BCUT2D eigenvalue weighted by atomic mass is 79.9. The van der Waals surface area contributed by atoms with Crippen molar-refractivity contribution in [3.8, 4) is 0 Å². The van der Waals surface area contributed by atoms with Gasteiger partial charge in [0.15, 0.2) is 0 Å². The van der Waals surface area contributed by atoms with Gasteiger partial charge in [-0.25, -0.2) is 0 Å². The van der Waals surface area contributed by atoms with Gasteiger partial charge in [0.25, 0.3) is 0 Å². The summed E-state index contributed by atoms with van der Waals surface area (Å²) in [7, 11) is 0. The molecule has 0 amide bonds. The third-order valence-corrected chi connectivity index (χ3v) is 3.25. The lowest BCUT2D eigenvalue weighted by Crippen LogP contribution is -2.09. The largest absolute Gasteiger partial charge is 0.0985 e. The standard InChI is InChI=1S/C13H17Br/c1-4-11-8-6-7-9-13(11)12(5-2)10(3)14/h4,6-10,12H,1,5H2,2-3H3. The van der Waals surface area contributed by atoms with Crippen molar-refractivity contribution in [2.45, 2.75) is 31.0 Å². The first-order valence-corrected chi connectivity index (χ1v) is 5.97. The average Bonchev–Trinajstić information content (AvgIpc) is 2.19. The summed E-state index contributed by atoms with van der Waals surface area (Å²) in [6, 6.07) is 8.48. The van der Waals surface area contributed by atoms with Gasteiger partial charge < -0.3 is 0 Å². The summed E-state index contributed by atoms with van der Waals surface area (Å²) >= 11 is 3.67. The second-order valence-corrected chi connectivity index (χ2v) is 4.97. The molecular weight excluding hydrogens is 236 g/mol. The Labute approximate surface area is 95.2 Å². The van der Waals surface area contributed by atoms with Gasteiger partial charge in [0.2, 0.25) is 0 Å². The number of hydrogen-bond donors (Lipinski definition) is 0. The van der Waals surface area contributed by atoms with Crippen LogP contribution in [-0.2, 0) is 0 Å². The molecule has 2 atom stereocenters. The van der Waals surface area contributed by atoms with Crippen molar-refractivity contribution in [1.29, 1.82) is 0 Å². The third kappa shape index (κ3) is 2.48. The molecule has 0 spiro atoms. The van der Waals surface area contributed by atoms with E-state index in [1.54, 1.807) is 0 Å². The van der Waals surface area contributed by atoms with Crippen LogP contribution in [0.25, 0.3) is 6.08 Å². The van der Waals surface area contributed by atoms with Crippen LogP contribution in [0, 0.1) is 0 Å². The average molecular weight is 253 g/mol. The normalized spacial score (nSPS) is 14.8. The molecular formula is C13H17Br. The van der Waals surface area contributed by atoms with E-state index in [0.717, 1.165) is 6.42 Å². The maximum atomic E-state index is 3.85. The van der Waals surface area contributed by atoms with Gasteiger partial charge >= 0.3 is 0 Å². The molecule has 1 aromatic carbocycles. The lowest BCUT2D eigenvalue weighted by Gasteiger charge is -2.20. The van der Waals surface area contributed by atoms with Crippen LogP contribution < -0.4 is 0 Å². The molecule has 0 aromatic heterocycles. The Hall–Kier alpha value is -0.560. The van der Waals surface area contributed by atoms with Crippen molar-refractivity contribution >= 4 is 22.0 Å². The van der Waals surface area contributed by atoms with Gasteiger partial charge in [-0.3, -0.25) is 0 Å². The second-order valence-electron chi connectivity index (χ2n) is 3.53. The SMILES string of the molecule is C=Cc1ccccc1C(CC)C(C)Br. The van der Waals surface area contributed by atoms with Crippen LogP contribution in [-0.4, -0.2) is 4.83 Å². The fourth-order valence-electron chi connectivity index (χ4n) is 1.83. The quantitative estimate of drug-likeness (QED) is 0.687. The van der Waals surface area contributed by atoms with Crippen molar-refractivity contribution in [3.63, 3.8) is 0 Å². The Bertz CT molecular complexity index is 302. The van der Waals surface area contributed by atoms with E-state index in [4.69, 9.17) is 0 Å². The highest BCUT2D eigenvalue weighted by Crippen LogP contribution is 2.30. The maximum absolute atomic E-state index is 3.85. The number of hydrogen-bond acceptors (Lipinski definition) is 0. The summed E-state index contributed by atoms with van der Waals surface area (Å²) in [5.41, 5.74) is 2.65. The minimum atomic E-state index is 0.508. The van der Waals surface area contributed by atoms with E-state index in [-0.39, 0.29) is 0 Å². The van der Waals surface area contributed by atoms with Crippen LogP contribution in [0.3, 0.4) is 0 Å². The second kappa shape index (κ2) is 5.35. The van der Waals surface area contributed by atoms with Crippen molar-refractivity contribution in [1.82, 2.24) is 0 Å². The minimum absolute atomic E-state index is 0.508. The Balaban J connectivity index is 3.08. The molecule has 1 heteroatoms. The van der Waals surface area contributed by atoms with Crippen LogP contribution in [0.4, 0.5) is 0 Å². The summed E-state index contributed by atoms with van der Waals surface area (Å²) < 4.78 is 0. The third-order valence-electron chi connectivity index (χ3n) is 2.61. The monoisotopic (exact) mass is 252 g/mol. The molecule has 0 N–H and O–H groups in total. The van der Waals surface area contributed by atoms with Gasteiger partial charge in [-0.05, 0) is 23.5 Å². The molecule has 0 nitrogen and oxygen atoms in total. The van der Waals surface area contributed by atoms with Gasteiger partial charge in [-0.15, -0.1) is 0 Å². The summed E-state index contributed by atoms with van der Waals surface area (Å²) in [5.74, 6) is 0.573. The van der Waals surface area contributed by atoms with Crippen LogP contribution in [0.1, 0.15) is 37.3 Å². The van der Waals surface area contributed by atoms with E-state index >= 15 is 0 Å². The summed E-state index contributed by atoms with van der Waals surface area (Å²) in [5, 5.41) is 0. The molecule has 0 heterocycles. The highest BCUT2D eigenvalue weighted by Gasteiger charge is 2.16. The fraction of sp³-hybridized carbons (Fsp3) is 0.385. The fourth-order valence-corrected chi connectivity index (χ4v) is 2.49. The molecule has 0 fully saturated rings. The van der Waals surface area contributed by atoms with Gasteiger partial charge in [0, 0.05) is 4.83 Å².